The van der Waals surface area contributed by atoms with E-state index in [9.17, 15) is 9.59 Å². The molecule has 3 rings (SSSR count). The van der Waals surface area contributed by atoms with Crippen LogP contribution < -0.4 is 0 Å². The van der Waals surface area contributed by atoms with Crippen LogP contribution in [0.1, 0.15) is 29.0 Å². The van der Waals surface area contributed by atoms with Gasteiger partial charge >= 0.3 is 5.97 Å². The molecule has 2 aromatic rings. The van der Waals surface area contributed by atoms with E-state index in [4.69, 9.17) is 9.52 Å². The first-order chi connectivity index (χ1) is 9.59. The number of fused-ring (bicyclic) bond motifs is 1. The zero-order chi connectivity index (χ0) is 14.3. The van der Waals surface area contributed by atoms with Gasteiger partial charge in [0.1, 0.15) is 11.6 Å². The molecular formula is C15H15NO4. The Bertz CT molecular complexity index is 688. The summed E-state index contributed by atoms with van der Waals surface area (Å²) >= 11 is 0. The monoisotopic (exact) mass is 273 g/mol. The van der Waals surface area contributed by atoms with E-state index < -0.39 is 12.0 Å². The van der Waals surface area contributed by atoms with Crippen molar-refractivity contribution in [3.63, 3.8) is 0 Å². The van der Waals surface area contributed by atoms with Gasteiger partial charge in [-0.05, 0) is 25.8 Å². The molecule has 1 fully saturated rings. The van der Waals surface area contributed by atoms with Crippen molar-refractivity contribution in [3.05, 3.63) is 35.6 Å². The van der Waals surface area contributed by atoms with Crippen LogP contribution in [0.2, 0.25) is 0 Å². The van der Waals surface area contributed by atoms with Crippen LogP contribution in [0.3, 0.4) is 0 Å². The number of aliphatic carboxylic acids is 1. The Balaban J connectivity index is 2.00. The van der Waals surface area contributed by atoms with E-state index in [0.29, 0.717) is 25.0 Å². The molecule has 1 atom stereocenters. The predicted molar refractivity (Wildman–Crippen MR) is 72.6 cm³/mol. The molecule has 1 amide bonds. The number of rotatable bonds is 2. The van der Waals surface area contributed by atoms with E-state index in [1.807, 2.05) is 25.1 Å². The van der Waals surface area contributed by atoms with E-state index >= 15 is 0 Å². The highest BCUT2D eigenvalue weighted by Crippen LogP contribution is 2.28. The molecule has 5 nitrogen and oxygen atoms in total. The van der Waals surface area contributed by atoms with E-state index in [1.54, 1.807) is 6.07 Å². The molecule has 20 heavy (non-hydrogen) atoms. The number of aryl methyl sites for hydroxylation is 1. The van der Waals surface area contributed by atoms with Gasteiger partial charge in [-0.2, -0.15) is 0 Å². The summed E-state index contributed by atoms with van der Waals surface area (Å²) in [6.07, 6.45) is 1.21. The van der Waals surface area contributed by atoms with Gasteiger partial charge in [-0.3, -0.25) is 4.79 Å². The quantitative estimate of drug-likeness (QED) is 0.912. The van der Waals surface area contributed by atoms with Crippen molar-refractivity contribution < 1.29 is 19.1 Å². The first kappa shape index (κ1) is 12.7. The lowest BCUT2D eigenvalue weighted by Gasteiger charge is -2.20. The molecule has 1 aromatic carbocycles. The van der Waals surface area contributed by atoms with Crippen molar-refractivity contribution in [2.45, 2.75) is 25.8 Å². The molecule has 104 valence electrons. The van der Waals surface area contributed by atoms with E-state index in [-0.39, 0.29) is 11.7 Å². The molecule has 0 saturated carbocycles. The summed E-state index contributed by atoms with van der Waals surface area (Å²) in [5, 5.41) is 10.1. The molecule has 1 aromatic heterocycles. The highest BCUT2D eigenvalue weighted by Gasteiger charge is 2.36. The SMILES string of the molecule is Cc1c(C(=O)N2CCC[C@H]2C(=O)O)oc2ccccc12. The van der Waals surface area contributed by atoms with Crippen LogP contribution in [0.5, 0.6) is 0 Å². The average Bonchev–Trinajstić information content (AvgIpc) is 3.04. The molecule has 0 spiro atoms. The van der Waals surface area contributed by atoms with Crippen LogP contribution in [0.25, 0.3) is 11.0 Å². The van der Waals surface area contributed by atoms with Crippen molar-refractivity contribution in [2.24, 2.45) is 0 Å². The second-order valence-electron chi connectivity index (χ2n) is 5.05. The maximum atomic E-state index is 12.5. The highest BCUT2D eigenvalue weighted by atomic mass is 16.4. The van der Waals surface area contributed by atoms with E-state index in [1.165, 1.54) is 4.90 Å². The number of benzene rings is 1. The van der Waals surface area contributed by atoms with Gasteiger partial charge in [-0.15, -0.1) is 0 Å². The van der Waals surface area contributed by atoms with Gasteiger partial charge in [0.15, 0.2) is 5.76 Å². The molecule has 0 unspecified atom stereocenters. The summed E-state index contributed by atoms with van der Waals surface area (Å²) < 4.78 is 5.62. The van der Waals surface area contributed by atoms with Gasteiger partial charge in [-0.1, -0.05) is 18.2 Å². The minimum Gasteiger partial charge on any atom is -0.480 e. The van der Waals surface area contributed by atoms with Crippen LogP contribution in [-0.4, -0.2) is 34.5 Å². The Morgan fingerprint density at radius 2 is 2.10 bits per heavy atom. The average molecular weight is 273 g/mol. The number of carboxylic acid groups (broad SMARTS) is 1. The summed E-state index contributed by atoms with van der Waals surface area (Å²) in [4.78, 5) is 25.1. The molecule has 1 saturated heterocycles. The topological polar surface area (TPSA) is 70.8 Å². The van der Waals surface area contributed by atoms with Gasteiger partial charge in [0, 0.05) is 17.5 Å². The Hall–Kier alpha value is -2.30. The second kappa shape index (κ2) is 4.67. The third-order valence-corrected chi connectivity index (χ3v) is 3.84. The minimum atomic E-state index is -0.954. The van der Waals surface area contributed by atoms with Gasteiger partial charge < -0.3 is 14.4 Å². The van der Waals surface area contributed by atoms with Crippen LogP contribution in [0.4, 0.5) is 0 Å². The normalized spacial score (nSPS) is 18.6. The molecular weight excluding hydrogens is 258 g/mol. The molecule has 0 bridgehead atoms. The highest BCUT2D eigenvalue weighted by molar-refractivity contribution is 6.00. The number of hydrogen-bond acceptors (Lipinski definition) is 3. The summed E-state index contributed by atoms with van der Waals surface area (Å²) in [5.74, 6) is -1.03. The van der Waals surface area contributed by atoms with Crippen LogP contribution in [0.15, 0.2) is 28.7 Å². The smallest absolute Gasteiger partial charge is 0.326 e. The first-order valence-corrected chi connectivity index (χ1v) is 6.61. The molecule has 0 aliphatic carbocycles. The number of carboxylic acids is 1. The van der Waals surface area contributed by atoms with Crippen LogP contribution >= 0.6 is 0 Å². The Morgan fingerprint density at radius 3 is 2.80 bits per heavy atom. The maximum Gasteiger partial charge on any atom is 0.326 e. The molecule has 1 N–H and O–H groups in total. The van der Waals surface area contributed by atoms with Crippen molar-refractivity contribution in [3.8, 4) is 0 Å². The maximum absolute atomic E-state index is 12.5. The second-order valence-corrected chi connectivity index (χ2v) is 5.05. The fourth-order valence-electron chi connectivity index (χ4n) is 2.78. The fraction of sp³-hybridized carbons (Fsp3) is 0.333. The third-order valence-electron chi connectivity index (χ3n) is 3.84. The third kappa shape index (κ3) is 1.86. The Kier molecular flexibility index (Phi) is 2.97. The number of para-hydroxylation sites is 1. The van der Waals surface area contributed by atoms with Crippen molar-refractivity contribution in [1.82, 2.24) is 4.90 Å². The molecule has 1 aliphatic rings. The molecule has 0 radical (unpaired) electrons. The Labute approximate surface area is 115 Å². The summed E-state index contributed by atoms with van der Waals surface area (Å²) in [6, 6.07) is 6.68. The molecule has 5 heteroatoms. The lowest BCUT2D eigenvalue weighted by molar-refractivity contribution is -0.141. The van der Waals surface area contributed by atoms with E-state index in [2.05, 4.69) is 0 Å². The zero-order valence-electron chi connectivity index (χ0n) is 11.1. The van der Waals surface area contributed by atoms with Crippen molar-refractivity contribution >= 4 is 22.8 Å². The summed E-state index contributed by atoms with van der Waals surface area (Å²) in [7, 11) is 0. The van der Waals surface area contributed by atoms with Crippen molar-refractivity contribution in [2.75, 3.05) is 6.54 Å². The number of amides is 1. The minimum absolute atomic E-state index is 0.249. The number of nitrogens with zero attached hydrogens (tertiary/aromatic N) is 1. The van der Waals surface area contributed by atoms with E-state index in [0.717, 1.165) is 10.9 Å². The number of hydrogen-bond donors (Lipinski definition) is 1. The first-order valence-electron chi connectivity index (χ1n) is 6.61. The molecule has 2 heterocycles. The predicted octanol–water partition coefficient (Wildman–Crippen LogP) is 2.43. The van der Waals surface area contributed by atoms with Gasteiger partial charge in [0.25, 0.3) is 5.91 Å². The van der Waals surface area contributed by atoms with Crippen LogP contribution in [-0.2, 0) is 4.79 Å². The number of carbonyl (C=O) groups excluding carboxylic acids is 1. The van der Waals surface area contributed by atoms with Gasteiger partial charge in [0.05, 0.1) is 0 Å². The number of carbonyl (C=O) groups is 2. The van der Waals surface area contributed by atoms with Crippen molar-refractivity contribution in [1.29, 1.82) is 0 Å². The largest absolute Gasteiger partial charge is 0.480 e. The number of furan rings is 1. The lowest BCUT2D eigenvalue weighted by atomic mass is 10.1. The Morgan fingerprint density at radius 1 is 1.35 bits per heavy atom. The molecule has 1 aliphatic heterocycles. The number of likely N-dealkylation sites (tertiary alicyclic amines) is 1. The lowest BCUT2D eigenvalue weighted by Crippen LogP contribution is -2.40. The standard InChI is InChI=1S/C15H15NO4/c1-9-10-5-2-3-7-12(10)20-13(9)14(17)16-8-4-6-11(16)15(18)19/h2-3,5,7,11H,4,6,8H2,1H3,(H,18,19)/t11-/m0/s1. The summed E-state index contributed by atoms with van der Waals surface area (Å²) in [6.45, 7) is 2.29. The fourth-order valence-corrected chi connectivity index (χ4v) is 2.78. The zero-order valence-corrected chi connectivity index (χ0v) is 11.1. The van der Waals surface area contributed by atoms with Gasteiger partial charge in [0.2, 0.25) is 0 Å². The van der Waals surface area contributed by atoms with Gasteiger partial charge in [-0.25, -0.2) is 4.79 Å². The van der Waals surface area contributed by atoms with Crippen LogP contribution in [0, 0.1) is 6.92 Å². The summed E-state index contributed by atoms with van der Waals surface area (Å²) in [5.41, 5.74) is 1.42.